The number of hydrogen-bond acceptors (Lipinski definition) is 3. The molecule has 0 aliphatic heterocycles. The van der Waals surface area contributed by atoms with E-state index in [1.165, 1.54) is 0 Å². The Morgan fingerprint density at radius 3 is 2.43 bits per heavy atom. The minimum Gasteiger partial charge on any atom is -0.479 e. The predicted octanol–water partition coefficient (Wildman–Crippen LogP) is 1.83. The molecule has 0 saturated carbocycles. The first-order valence-corrected chi connectivity index (χ1v) is 5.00. The fourth-order valence-corrected chi connectivity index (χ4v) is 1.19. The number of carboxylic acids is 1. The van der Waals surface area contributed by atoms with Gasteiger partial charge >= 0.3 is 11.9 Å². The fourth-order valence-electron chi connectivity index (χ4n) is 1.19. The average molecular weight is 202 g/mol. The molecule has 14 heavy (non-hydrogen) atoms. The van der Waals surface area contributed by atoms with E-state index in [2.05, 4.69) is 11.7 Å². The number of aliphatic carboxylic acids is 1. The van der Waals surface area contributed by atoms with Crippen LogP contribution in [0.1, 0.15) is 39.5 Å². The van der Waals surface area contributed by atoms with Gasteiger partial charge in [0.25, 0.3) is 0 Å². The van der Waals surface area contributed by atoms with Gasteiger partial charge in [-0.2, -0.15) is 0 Å². The van der Waals surface area contributed by atoms with Gasteiger partial charge in [-0.05, 0) is 12.8 Å². The number of carboxylic acid groups (broad SMARTS) is 1. The van der Waals surface area contributed by atoms with Gasteiger partial charge in [-0.1, -0.05) is 26.7 Å². The molecular formula is C10H18O4. The molecule has 0 aliphatic rings. The Bertz CT molecular complexity index is 189. The summed E-state index contributed by atoms with van der Waals surface area (Å²) < 4.78 is 4.62. The van der Waals surface area contributed by atoms with Crippen molar-refractivity contribution in [2.24, 2.45) is 5.92 Å². The summed E-state index contributed by atoms with van der Waals surface area (Å²) in [6.07, 6.45) is 3.49. The van der Waals surface area contributed by atoms with Gasteiger partial charge in [-0.25, -0.2) is 4.79 Å². The van der Waals surface area contributed by atoms with Crippen molar-refractivity contribution in [1.82, 2.24) is 0 Å². The third-order valence-electron chi connectivity index (χ3n) is 2.07. The van der Waals surface area contributed by atoms with Gasteiger partial charge < -0.3 is 9.84 Å². The number of esters is 1. The molecule has 1 unspecified atom stereocenters. The van der Waals surface area contributed by atoms with Crippen molar-refractivity contribution < 1.29 is 19.4 Å². The van der Waals surface area contributed by atoms with Crippen LogP contribution >= 0.6 is 0 Å². The molecule has 0 aliphatic carbocycles. The second-order valence-electron chi connectivity index (χ2n) is 3.25. The quantitative estimate of drug-likeness (QED) is 0.640. The molecule has 4 nitrogen and oxygen atoms in total. The molecule has 0 aromatic rings. The van der Waals surface area contributed by atoms with Crippen LogP contribution in [0.3, 0.4) is 0 Å². The highest BCUT2D eigenvalue weighted by Gasteiger charge is 2.17. The lowest BCUT2D eigenvalue weighted by molar-refractivity contribution is -0.158. The van der Waals surface area contributed by atoms with E-state index in [0.29, 0.717) is 6.42 Å². The van der Waals surface area contributed by atoms with Crippen LogP contribution in [0.2, 0.25) is 0 Å². The predicted molar refractivity (Wildman–Crippen MR) is 51.9 cm³/mol. The van der Waals surface area contributed by atoms with Crippen LogP contribution in [0.25, 0.3) is 0 Å². The maximum atomic E-state index is 11.3. The molecule has 0 heterocycles. The molecule has 0 aromatic carbocycles. The number of carbonyl (C=O) groups excluding carboxylic acids is 1. The van der Waals surface area contributed by atoms with Crippen molar-refractivity contribution in [2.75, 3.05) is 6.61 Å². The van der Waals surface area contributed by atoms with Crippen molar-refractivity contribution in [1.29, 1.82) is 0 Å². The number of rotatable bonds is 7. The Kier molecular flexibility index (Phi) is 6.80. The zero-order valence-corrected chi connectivity index (χ0v) is 8.78. The lowest BCUT2D eigenvalue weighted by Gasteiger charge is -2.12. The van der Waals surface area contributed by atoms with E-state index in [1.54, 1.807) is 0 Å². The average Bonchev–Trinajstić information content (AvgIpc) is 2.16. The normalized spacial score (nSPS) is 12.1. The van der Waals surface area contributed by atoms with Crippen LogP contribution in [0.4, 0.5) is 0 Å². The van der Waals surface area contributed by atoms with Crippen LogP contribution in [0.5, 0.6) is 0 Å². The maximum Gasteiger partial charge on any atom is 0.341 e. The molecule has 0 rings (SSSR count). The summed E-state index contributed by atoms with van der Waals surface area (Å²) in [5.41, 5.74) is 0. The van der Waals surface area contributed by atoms with Crippen LogP contribution in [0, 0.1) is 5.92 Å². The minimum absolute atomic E-state index is 0.144. The van der Waals surface area contributed by atoms with Gasteiger partial charge in [0.1, 0.15) is 0 Å². The third-order valence-corrected chi connectivity index (χ3v) is 2.07. The van der Waals surface area contributed by atoms with Gasteiger partial charge in [-0.3, -0.25) is 4.79 Å². The molecule has 1 N–H and O–H groups in total. The number of hydrogen-bond donors (Lipinski definition) is 1. The Labute approximate surface area is 84.3 Å². The highest BCUT2D eigenvalue weighted by atomic mass is 16.5. The van der Waals surface area contributed by atoms with E-state index in [1.807, 2.05) is 6.92 Å². The molecule has 1 atom stereocenters. The summed E-state index contributed by atoms with van der Waals surface area (Å²) in [7, 11) is 0. The molecule has 0 saturated heterocycles. The summed E-state index contributed by atoms with van der Waals surface area (Å²) in [6, 6.07) is 0. The third kappa shape index (κ3) is 5.56. The largest absolute Gasteiger partial charge is 0.479 e. The summed E-state index contributed by atoms with van der Waals surface area (Å²) in [6.45, 7) is 3.43. The topological polar surface area (TPSA) is 63.6 Å². The zero-order chi connectivity index (χ0) is 11.0. The molecular weight excluding hydrogens is 184 g/mol. The van der Waals surface area contributed by atoms with Crippen molar-refractivity contribution in [3.63, 3.8) is 0 Å². The maximum absolute atomic E-state index is 11.3. The van der Waals surface area contributed by atoms with Crippen LogP contribution in [-0.4, -0.2) is 23.7 Å². The van der Waals surface area contributed by atoms with Crippen LogP contribution in [-0.2, 0) is 14.3 Å². The second-order valence-corrected chi connectivity index (χ2v) is 3.25. The van der Waals surface area contributed by atoms with E-state index in [-0.39, 0.29) is 11.9 Å². The van der Waals surface area contributed by atoms with Gasteiger partial charge in [0.05, 0.1) is 5.92 Å². The smallest absolute Gasteiger partial charge is 0.341 e. The van der Waals surface area contributed by atoms with E-state index in [0.717, 1.165) is 19.3 Å². The molecule has 0 aromatic heterocycles. The lowest BCUT2D eigenvalue weighted by atomic mass is 10.00. The first-order valence-electron chi connectivity index (χ1n) is 5.00. The SMILES string of the molecule is CCCCC(CC)C(=O)OCC(=O)O. The molecule has 0 radical (unpaired) electrons. The Balaban J connectivity index is 3.85. The highest BCUT2D eigenvalue weighted by Crippen LogP contribution is 2.14. The Morgan fingerprint density at radius 1 is 1.36 bits per heavy atom. The summed E-state index contributed by atoms with van der Waals surface area (Å²) >= 11 is 0. The standard InChI is InChI=1S/C10H18O4/c1-3-5-6-8(4-2)10(13)14-7-9(11)12/h8H,3-7H2,1-2H3,(H,11,12). The van der Waals surface area contributed by atoms with Crippen molar-refractivity contribution in [3.8, 4) is 0 Å². The summed E-state index contributed by atoms with van der Waals surface area (Å²) in [5, 5.41) is 8.32. The molecule has 4 heteroatoms. The van der Waals surface area contributed by atoms with Crippen LogP contribution in [0.15, 0.2) is 0 Å². The second kappa shape index (κ2) is 7.35. The van der Waals surface area contributed by atoms with Gasteiger partial charge in [0.2, 0.25) is 0 Å². The Hall–Kier alpha value is -1.06. The first kappa shape index (κ1) is 12.9. The lowest BCUT2D eigenvalue weighted by Crippen LogP contribution is -2.20. The molecule has 0 fully saturated rings. The minimum atomic E-state index is -1.11. The fraction of sp³-hybridized carbons (Fsp3) is 0.800. The summed E-state index contributed by atoms with van der Waals surface area (Å²) in [5.74, 6) is -1.64. The van der Waals surface area contributed by atoms with Gasteiger partial charge in [-0.15, -0.1) is 0 Å². The molecule has 0 spiro atoms. The van der Waals surface area contributed by atoms with Crippen molar-refractivity contribution >= 4 is 11.9 Å². The van der Waals surface area contributed by atoms with Gasteiger partial charge in [0.15, 0.2) is 6.61 Å². The molecule has 0 bridgehead atoms. The first-order chi connectivity index (χ1) is 6.61. The van der Waals surface area contributed by atoms with Crippen molar-refractivity contribution in [3.05, 3.63) is 0 Å². The zero-order valence-electron chi connectivity index (χ0n) is 8.78. The van der Waals surface area contributed by atoms with Crippen molar-refractivity contribution in [2.45, 2.75) is 39.5 Å². The van der Waals surface area contributed by atoms with E-state index >= 15 is 0 Å². The van der Waals surface area contributed by atoms with E-state index in [4.69, 9.17) is 5.11 Å². The van der Waals surface area contributed by atoms with Crippen LogP contribution < -0.4 is 0 Å². The number of carbonyl (C=O) groups is 2. The molecule has 82 valence electrons. The summed E-state index contributed by atoms with van der Waals surface area (Å²) in [4.78, 5) is 21.5. The Morgan fingerprint density at radius 2 is 2.00 bits per heavy atom. The number of unbranched alkanes of at least 4 members (excludes halogenated alkanes) is 1. The van der Waals surface area contributed by atoms with E-state index in [9.17, 15) is 9.59 Å². The molecule has 0 amide bonds. The van der Waals surface area contributed by atoms with E-state index < -0.39 is 12.6 Å². The van der Waals surface area contributed by atoms with Gasteiger partial charge in [0, 0.05) is 0 Å². The highest BCUT2D eigenvalue weighted by molar-refractivity contribution is 5.76. The number of ether oxygens (including phenoxy) is 1. The monoisotopic (exact) mass is 202 g/mol.